The molecule has 5 heteroatoms. The van der Waals surface area contributed by atoms with Crippen molar-refractivity contribution in [2.24, 2.45) is 5.73 Å². The number of benzene rings is 2. The number of hydrazine groups is 1. The SMILES string of the molecule is Cc1cccc(Oc2ccc(CNNC(N)=O)cc2)c1. The topological polar surface area (TPSA) is 76.4 Å². The van der Waals surface area contributed by atoms with Gasteiger partial charge in [0.25, 0.3) is 0 Å². The molecule has 20 heavy (non-hydrogen) atoms. The maximum Gasteiger partial charge on any atom is 0.326 e. The highest BCUT2D eigenvalue weighted by Crippen LogP contribution is 2.22. The van der Waals surface area contributed by atoms with Gasteiger partial charge >= 0.3 is 6.03 Å². The molecule has 0 radical (unpaired) electrons. The van der Waals surface area contributed by atoms with Gasteiger partial charge in [-0.25, -0.2) is 10.2 Å². The fraction of sp³-hybridized carbons (Fsp3) is 0.133. The minimum Gasteiger partial charge on any atom is -0.457 e. The fourth-order valence-corrected chi connectivity index (χ4v) is 1.72. The van der Waals surface area contributed by atoms with Crippen molar-refractivity contribution in [3.63, 3.8) is 0 Å². The number of nitrogens with one attached hydrogen (secondary N) is 2. The minimum absolute atomic E-state index is 0.494. The van der Waals surface area contributed by atoms with Gasteiger partial charge in [-0.05, 0) is 42.3 Å². The number of primary amides is 1. The van der Waals surface area contributed by atoms with Crippen molar-refractivity contribution in [3.8, 4) is 11.5 Å². The third-order valence-electron chi connectivity index (χ3n) is 2.65. The van der Waals surface area contributed by atoms with Crippen LogP contribution < -0.4 is 21.3 Å². The molecule has 0 unspecified atom stereocenters. The summed E-state index contributed by atoms with van der Waals surface area (Å²) in [6.45, 7) is 2.51. The number of urea groups is 1. The molecule has 0 bridgehead atoms. The van der Waals surface area contributed by atoms with Crippen LogP contribution in [0.15, 0.2) is 48.5 Å². The second kappa shape index (κ2) is 6.58. The standard InChI is InChI=1S/C15H17N3O2/c1-11-3-2-4-14(9-11)20-13-7-5-12(6-8-13)10-17-18-15(16)19/h2-9,17H,10H2,1H3,(H3,16,18,19). The molecule has 0 aliphatic heterocycles. The molecule has 4 N–H and O–H groups in total. The van der Waals surface area contributed by atoms with Crippen molar-refractivity contribution in [3.05, 3.63) is 59.7 Å². The summed E-state index contributed by atoms with van der Waals surface area (Å²) in [5, 5.41) is 0. The van der Waals surface area contributed by atoms with Crippen molar-refractivity contribution in [1.29, 1.82) is 0 Å². The van der Waals surface area contributed by atoms with E-state index in [9.17, 15) is 4.79 Å². The third kappa shape index (κ3) is 4.29. The summed E-state index contributed by atoms with van der Waals surface area (Å²) >= 11 is 0. The van der Waals surface area contributed by atoms with Gasteiger partial charge in [0.2, 0.25) is 0 Å². The van der Waals surface area contributed by atoms with Gasteiger partial charge in [-0.1, -0.05) is 24.3 Å². The van der Waals surface area contributed by atoms with Gasteiger partial charge in [-0.15, -0.1) is 0 Å². The molecule has 2 amide bonds. The predicted octanol–water partition coefficient (Wildman–Crippen LogP) is 2.46. The number of carbonyl (C=O) groups is 1. The molecule has 2 aromatic rings. The second-order valence-electron chi connectivity index (χ2n) is 4.41. The van der Waals surface area contributed by atoms with Gasteiger partial charge in [0.1, 0.15) is 11.5 Å². The van der Waals surface area contributed by atoms with E-state index in [2.05, 4.69) is 10.9 Å². The summed E-state index contributed by atoms with van der Waals surface area (Å²) < 4.78 is 5.75. The zero-order chi connectivity index (χ0) is 14.4. The van der Waals surface area contributed by atoms with Crippen LogP contribution in [-0.4, -0.2) is 6.03 Å². The van der Waals surface area contributed by atoms with E-state index < -0.39 is 6.03 Å². The average Bonchev–Trinajstić information content (AvgIpc) is 2.40. The van der Waals surface area contributed by atoms with Crippen LogP contribution in [0.3, 0.4) is 0 Å². The van der Waals surface area contributed by atoms with Crippen LogP contribution in [-0.2, 0) is 6.54 Å². The molecule has 0 heterocycles. The predicted molar refractivity (Wildman–Crippen MR) is 77.3 cm³/mol. The molecular weight excluding hydrogens is 254 g/mol. The second-order valence-corrected chi connectivity index (χ2v) is 4.41. The quantitative estimate of drug-likeness (QED) is 0.731. The molecule has 5 nitrogen and oxygen atoms in total. The summed E-state index contributed by atoms with van der Waals surface area (Å²) in [6.07, 6.45) is 0. The number of aryl methyl sites for hydroxylation is 1. The van der Waals surface area contributed by atoms with Crippen LogP contribution in [0.25, 0.3) is 0 Å². The lowest BCUT2D eigenvalue weighted by molar-refractivity contribution is 0.244. The van der Waals surface area contributed by atoms with Gasteiger partial charge < -0.3 is 10.5 Å². The number of ether oxygens (including phenoxy) is 1. The lowest BCUT2D eigenvalue weighted by atomic mass is 10.2. The molecule has 0 atom stereocenters. The Labute approximate surface area is 117 Å². The Morgan fingerprint density at radius 3 is 2.55 bits per heavy atom. The van der Waals surface area contributed by atoms with E-state index in [1.807, 2.05) is 55.5 Å². The highest BCUT2D eigenvalue weighted by atomic mass is 16.5. The van der Waals surface area contributed by atoms with Gasteiger partial charge in [-0.3, -0.25) is 5.43 Å². The molecule has 0 aromatic heterocycles. The first-order chi connectivity index (χ1) is 9.63. The summed E-state index contributed by atoms with van der Waals surface area (Å²) in [5.41, 5.74) is 12.1. The van der Waals surface area contributed by atoms with E-state index in [1.165, 1.54) is 0 Å². The van der Waals surface area contributed by atoms with E-state index in [1.54, 1.807) is 0 Å². The molecule has 0 aliphatic carbocycles. The number of hydrogen-bond acceptors (Lipinski definition) is 3. The van der Waals surface area contributed by atoms with E-state index in [0.29, 0.717) is 6.54 Å². The molecule has 0 fully saturated rings. The van der Waals surface area contributed by atoms with Crippen molar-refractivity contribution in [1.82, 2.24) is 10.9 Å². The maximum atomic E-state index is 10.5. The van der Waals surface area contributed by atoms with Crippen molar-refractivity contribution >= 4 is 6.03 Å². The first kappa shape index (κ1) is 13.9. The van der Waals surface area contributed by atoms with E-state index in [4.69, 9.17) is 10.5 Å². The van der Waals surface area contributed by atoms with Crippen molar-refractivity contribution in [2.75, 3.05) is 0 Å². The van der Waals surface area contributed by atoms with Gasteiger partial charge in [0, 0.05) is 6.54 Å². The van der Waals surface area contributed by atoms with Crippen LogP contribution in [0.1, 0.15) is 11.1 Å². The zero-order valence-electron chi connectivity index (χ0n) is 11.2. The summed E-state index contributed by atoms with van der Waals surface area (Å²) in [6, 6.07) is 14.9. The lowest BCUT2D eigenvalue weighted by Gasteiger charge is -2.08. The molecule has 0 aliphatic rings. The number of carbonyl (C=O) groups excluding carboxylic acids is 1. The molecule has 0 saturated heterocycles. The maximum absolute atomic E-state index is 10.5. The monoisotopic (exact) mass is 271 g/mol. The Bertz CT molecular complexity index is 582. The normalized spacial score (nSPS) is 10.1. The highest BCUT2D eigenvalue weighted by Gasteiger charge is 1.99. The Kier molecular flexibility index (Phi) is 4.57. The number of nitrogens with two attached hydrogens (primary N) is 1. The highest BCUT2D eigenvalue weighted by molar-refractivity contribution is 5.70. The van der Waals surface area contributed by atoms with Gasteiger partial charge in [0.15, 0.2) is 0 Å². The zero-order valence-corrected chi connectivity index (χ0v) is 11.2. The Morgan fingerprint density at radius 1 is 1.15 bits per heavy atom. The molecule has 2 aromatic carbocycles. The lowest BCUT2D eigenvalue weighted by Crippen LogP contribution is -2.40. The van der Waals surface area contributed by atoms with Crippen LogP contribution in [0.5, 0.6) is 11.5 Å². The third-order valence-corrected chi connectivity index (χ3v) is 2.65. The number of rotatable bonds is 5. The Balaban J connectivity index is 1.93. The van der Waals surface area contributed by atoms with E-state index in [-0.39, 0.29) is 0 Å². The Morgan fingerprint density at radius 2 is 1.90 bits per heavy atom. The Hall–Kier alpha value is -2.53. The van der Waals surface area contributed by atoms with Gasteiger partial charge in [0.05, 0.1) is 0 Å². The molecule has 104 valence electrons. The van der Waals surface area contributed by atoms with Crippen molar-refractivity contribution in [2.45, 2.75) is 13.5 Å². The van der Waals surface area contributed by atoms with Crippen LogP contribution in [0.2, 0.25) is 0 Å². The number of amides is 2. The smallest absolute Gasteiger partial charge is 0.326 e. The van der Waals surface area contributed by atoms with Crippen LogP contribution >= 0.6 is 0 Å². The largest absolute Gasteiger partial charge is 0.457 e. The minimum atomic E-state index is -0.607. The molecule has 0 spiro atoms. The van der Waals surface area contributed by atoms with Crippen LogP contribution in [0.4, 0.5) is 4.79 Å². The molecular formula is C15H17N3O2. The summed E-state index contributed by atoms with van der Waals surface area (Å²) in [4.78, 5) is 10.5. The van der Waals surface area contributed by atoms with Crippen LogP contribution in [0, 0.1) is 6.92 Å². The van der Waals surface area contributed by atoms with E-state index >= 15 is 0 Å². The first-order valence-corrected chi connectivity index (χ1v) is 6.25. The summed E-state index contributed by atoms with van der Waals surface area (Å²) in [5.74, 6) is 1.58. The van der Waals surface area contributed by atoms with E-state index in [0.717, 1.165) is 22.6 Å². The number of hydrogen-bond donors (Lipinski definition) is 3. The summed E-state index contributed by atoms with van der Waals surface area (Å²) in [7, 11) is 0. The molecule has 2 rings (SSSR count). The average molecular weight is 271 g/mol. The molecule has 0 saturated carbocycles. The first-order valence-electron chi connectivity index (χ1n) is 6.25. The fourth-order valence-electron chi connectivity index (χ4n) is 1.72. The van der Waals surface area contributed by atoms with Crippen molar-refractivity contribution < 1.29 is 9.53 Å². The van der Waals surface area contributed by atoms with Gasteiger partial charge in [-0.2, -0.15) is 0 Å².